The van der Waals surface area contributed by atoms with E-state index in [-0.39, 0.29) is 12.1 Å². The van der Waals surface area contributed by atoms with Crippen molar-refractivity contribution in [1.82, 2.24) is 24.6 Å². The molecule has 1 aliphatic rings. The number of carbonyl (C=O) groups excluding carboxylic acids is 1. The number of carbonyl (C=O) groups is 1. The molecule has 0 spiro atoms. The second-order valence-electron chi connectivity index (χ2n) is 5.71. The topological polar surface area (TPSA) is 85.2 Å². The van der Waals surface area contributed by atoms with E-state index >= 15 is 0 Å². The molecule has 0 aromatic carbocycles. The average molecular weight is 316 g/mol. The summed E-state index contributed by atoms with van der Waals surface area (Å²) in [6.45, 7) is 5.31. The van der Waals surface area contributed by atoms with Crippen molar-refractivity contribution in [2.45, 2.75) is 20.0 Å². The molecule has 1 saturated heterocycles. The SMILES string of the molecule is Cc1cc(C)nc(NC(=O)N2CCO[C@H](c3nncn3C)C2)c1. The normalized spacial score (nSPS) is 18.0. The van der Waals surface area contributed by atoms with Crippen molar-refractivity contribution in [3.05, 3.63) is 35.5 Å². The monoisotopic (exact) mass is 316 g/mol. The van der Waals surface area contributed by atoms with E-state index in [4.69, 9.17) is 4.74 Å². The van der Waals surface area contributed by atoms with Crippen LogP contribution < -0.4 is 5.32 Å². The van der Waals surface area contributed by atoms with E-state index < -0.39 is 0 Å². The fourth-order valence-corrected chi connectivity index (χ4v) is 2.67. The quantitative estimate of drug-likeness (QED) is 0.906. The van der Waals surface area contributed by atoms with E-state index in [9.17, 15) is 4.79 Å². The number of urea groups is 1. The minimum atomic E-state index is -0.269. The van der Waals surface area contributed by atoms with Crippen LogP contribution >= 0.6 is 0 Å². The lowest BCUT2D eigenvalue weighted by Crippen LogP contribution is -2.45. The Hall–Kier alpha value is -2.48. The first-order valence-corrected chi connectivity index (χ1v) is 7.49. The smallest absolute Gasteiger partial charge is 0.323 e. The Morgan fingerprint density at radius 2 is 2.22 bits per heavy atom. The van der Waals surface area contributed by atoms with Crippen LogP contribution in [-0.4, -0.2) is 50.4 Å². The number of nitrogens with zero attached hydrogens (tertiary/aromatic N) is 5. The fourth-order valence-electron chi connectivity index (χ4n) is 2.67. The van der Waals surface area contributed by atoms with Gasteiger partial charge in [0.1, 0.15) is 18.2 Å². The van der Waals surface area contributed by atoms with Crippen molar-refractivity contribution in [1.29, 1.82) is 0 Å². The van der Waals surface area contributed by atoms with Crippen LogP contribution in [0, 0.1) is 13.8 Å². The predicted octanol–water partition coefficient (Wildman–Crippen LogP) is 1.43. The minimum absolute atomic E-state index is 0.182. The molecule has 8 nitrogen and oxygen atoms in total. The van der Waals surface area contributed by atoms with Gasteiger partial charge in [-0.25, -0.2) is 9.78 Å². The van der Waals surface area contributed by atoms with Gasteiger partial charge in [0.25, 0.3) is 0 Å². The van der Waals surface area contributed by atoms with Crippen LogP contribution in [0.5, 0.6) is 0 Å². The van der Waals surface area contributed by atoms with Gasteiger partial charge in [-0.05, 0) is 31.5 Å². The number of anilines is 1. The van der Waals surface area contributed by atoms with Gasteiger partial charge in [-0.15, -0.1) is 10.2 Å². The molecular formula is C15H20N6O2. The van der Waals surface area contributed by atoms with Gasteiger partial charge >= 0.3 is 6.03 Å². The number of rotatable bonds is 2. The molecule has 1 aliphatic heterocycles. The first-order valence-electron chi connectivity index (χ1n) is 7.49. The number of hydrogen-bond donors (Lipinski definition) is 1. The lowest BCUT2D eigenvalue weighted by Gasteiger charge is -2.32. The van der Waals surface area contributed by atoms with Gasteiger partial charge in [0.05, 0.1) is 13.2 Å². The molecule has 3 rings (SSSR count). The second kappa shape index (κ2) is 6.33. The van der Waals surface area contributed by atoms with Crippen molar-refractivity contribution < 1.29 is 9.53 Å². The molecule has 122 valence electrons. The van der Waals surface area contributed by atoms with Crippen molar-refractivity contribution >= 4 is 11.8 Å². The van der Waals surface area contributed by atoms with Gasteiger partial charge in [0.2, 0.25) is 0 Å². The predicted molar refractivity (Wildman–Crippen MR) is 84.0 cm³/mol. The van der Waals surface area contributed by atoms with Gasteiger partial charge in [-0.3, -0.25) is 5.32 Å². The lowest BCUT2D eigenvalue weighted by molar-refractivity contribution is -0.0196. The first kappa shape index (κ1) is 15.4. The van der Waals surface area contributed by atoms with E-state index in [1.165, 1.54) is 0 Å². The maximum Gasteiger partial charge on any atom is 0.323 e. The molecule has 0 saturated carbocycles. The van der Waals surface area contributed by atoms with Crippen LogP contribution in [0.2, 0.25) is 0 Å². The standard InChI is InChI=1S/C15H20N6O2/c1-10-6-11(2)17-13(7-10)18-15(22)21-4-5-23-12(8-21)14-19-16-9-20(14)3/h6-7,9,12H,4-5,8H2,1-3H3,(H,17,18,22)/t12-/m0/s1. The van der Waals surface area contributed by atoms with Gasteiger partial charge in [-0.2, -0.15) is 0 Å². The summed E-state index contributed by atoms with van der Waals surface area (Å²) in [6.07, 6.45) is 1.35. The fraction of sp³-hybridized carbons (Fsp3) is 0.467. The van der Waals surface area contributed by atoms with E-state index in [0.717, 1.165) is 11.3 Å². The Bertz CT molecular complexity index is 693. The third kappa shape index (κ3) is 3.48. The number of hydrogen-bond acceptors (Lipinski definition) is 5. The van der Waals surface area contributed by atoms with Gasteiger partial charge < -0.3 is 14.2 Å². The Kier molecular flexibility index (Phi) is 4.24. The van der Waals surface area contributed by atoms with Crippen LogP contribution in [0.3, 0.4) is 0 Å². The minimum Gasteiger partial charge on any atom is -0.366 e. The van der Waals surface area contributed by atoms with Gasteiger partial charge in [0.15, 0.2) is 5.82 Å². The Morgan fingerprint density at radius 1 is 1.39 bits per heavy atom. The highest BCUT2D eigenvalue weighted by Gasteiger charge is 2.28. The van der Waals surface area contributed by atoms with E-state index in [1.807, 2.05) is 33.0 Å². The summed E-state index contributed by atoms with van der Waals surface area (Å²) in [5.74, 6) is 1.28. The zero-order valence-electron chi connectivity index (χ0n) is 13.5. The molecule has 0 unspecified atom stereocenters. The number of morpholine rings is 1. The highest BCUT2D eigenvalue weighted by molar-refractivity contribution is 5.88. The Morgan fingerprint density at radius 3 is 2.91 bits per heavy atom. The van der Waals surface area contributed by atoms with Crippen molar-refractivity contribution in [2.24, 2.45) is 7.05 Å². The Balaban J connectivity index is 1.68. The summed E-state index contributed by atoms with van der Waals surface area (Å²) in [5.41, 5.74) is 1.94. The van der Waals surface area contributed by atoms with E-state index in [1.54, 1.807) is 15.8 Å². The summed E-state index contributed by atoms with van der Waals surface area (Å²) < 4.78 is 7.51. The molecule has 3 heterocycles. The largest absolute Gasteiger partial charge is 0.366 e. The molecule has 23 heavy (non-hydrogen) atoms. The highest BCUT2D eigenvalue weighted by atomic mass is 16.5. The molecule has 1 fully saturated rings. The van der Waals surface area contributed by atoms with Crippen LogP contribution in [0.25, 0.3) is 0 Å². The zero-order chi connectivity index (χ0) is 16.4. The van der Waals surface area contributed by atoms with Gasteiger partial charge in [0, 0.05) is 19.3 Å². The molecule has 2 aromatic heterocycles. The number of aromatic nitrogens is 4. The number of pyridine rings is 1. The highest BCUT2D eigenvalue weighted by Crippen LogP contribution is 2.20. The van der Waals surface area contributed by atoms with Crippen LogP contribution in [0.1, 0.15) is 23.2 Å². The molecule has 0 bridgehead atoms. The number of aryl methyl sites for hydroxylation is 3. The molecule has 1 N–H and O–H groups in total. The van der Waals surface area contributed by atoms with Crippen LogP contribution in [0.15, 0.2) is 18.5 Å². The number of ether oxygens (including phenoxy) is 1. The number of nitrogens with one attached hydrogen (secondary N) is 1. The third-order valence-electron chi connectivity index (χ3n) is 3.72. The van der Waals surface area contributed by atoms with Gasteiger partial charge in [-0.1, -0.05) is 0 Å². The molecule has 0 radical (unpaired) electrons. The third-order valence-corrected chi connectivity index (χ3v) is 3.72. The lowest BCUT2D eigenvalue weighted by atomic mass is 10.2. The summed E-state index contributed by atoms with van der Waals surface area (Å²) in [7, 11) is 1.86. The molecule has 1 atom stereocenters. The first-order chi connectivity index (χ1) is 11.0. The van der Waals surface area contributed by atoms with E-state index in [2.05, 4.69) is 20.5 Å². The summed E-state index contributed by atoms with van der Waals surface area (Å²) in [4.78, 5) is 18.5. The van der Waals surface area contributed by atoms with Crippen molar-refractivity contribution in [3.63, 3.8) is 0 Å². The average Bonchev–Trinajstić information content (AvgIpc) is 2.92. The summed E-state index contributed by atoms with van der Waals surface area (Å²) in [5, 5.41) is 10.8. The summed E-state index contributed by atoms with van der Waals surface area (Å²) >= 11 is 0. The van der Waals surface area contributed by atoms with Crippen molar-refractivity contribution in [3.8, 4) is 0 Å². The van der Waals surface area contributed by atoms with Crippen LogP contribution in [0.4, 0.5) is 10.6 Å². The maximum absolute atomic E-state index is 12.5. The zero-order valence-corrected chi connectivity index (χ0v) is 13.5. The molecular weight excluding hydrogens is 296 g/mol. The Labute approximate surface area is 134 Å². The second-order valence-corrected chi connectivity index (χ2v) is 5.71. The maximum atomic E-state index is 12.5. The molecule has 8 heteroatoms. The molecule has 0 aliphatic carbocycles. The van der Waals surface area contributed by atoms with E-state index in [0.29, 0.717) is 31.3 Å². The van der Waals surface area contributed by atoms with Crippen molar-refractivity contribution in [2.75, 3.05) is 25.0 Å². The molecule has 2 aromatic rings. The summed E-state index contributed by atoms with van der Waals surface area (Å²) in [6, 6.07) is 3.64. The number of amides is 2. The molecule has 2 amide bonds. The van der Waals surface area contributed by atoms with Crippen LogP contribution in [-0.2, 0) is 11.8 Å².